The minimum Gasteiger partial charge on any atom is -0.478 e. The van der Waals surface area contributed by atoms with E-state index in [2.05, 4.69) is 21.2 Å². The third-order valence-electron chi connectivity index (χ3n) is 2.36. The van der Waals surface area contributed by atoms with Crippen LogP contribution in [0.15, 0.2) is 22.7 Å². The number of carbonyl (C=O) groups is 2. The van der Waals surface area contributed by atoms with Gasteiger partial charge in [0.15, 0.2) is 0 Å². The lowest BCUT2D eigenvalue weighted by molar-refractivity contribution is -0.117. The van der Waals surface area contributed by atoms with Crippen molar-refractivity contribution in [2.75, 3.05) is 5.32 Å². The van der Waals surface area contributed by atoms with Gasteiger partial charge in [-0.05, 0) is 31.0 Å². The summed E-state index contributed by atoms with van der Waals surface area (Å²) < 4.78 is 0.637. The maximum absolute atomic E-state index is 11.5. The van der Waals surface area contributed by atoms with Crippen LogP contribution in [0.1, 0.15) is 23.2 Å². The summed E-state index contributed by atoms with van der Waals surface area (Å²) in [5, 5.41) is 11.6. The van der Waals surface area contributed by atoms with Gasteiger partial charge in [0, 0.05) is 16.1 Å². The molecular weight excluding hydrogens is 274 g/mol. The molecule has 2 N–H and O–H groups in total. The second kappa shape index (κ2) is 4.25. The smallest absolute Gasteiger partial charge is 0.335 e. The number of halogens is 1. The Morgan fingerprint density at radius 2 is 2.00 bits per heavy atom. The van der Waals surface area contributed by atoms with Crippen molar-refractivity contribution >= 4 is 33.5 Å². The average molecular weight is 284 g/mol. The number of hydrogen-bond donors (Lipinski definition) is 2. The maximum Gasteiger partial charge on any atom is 0.335 e. The molecule has 1 amide bonds. The largest absolute Gasteiger partial charge is 0.478 e. The molecule has 1 aromatic rings. The van der Waals surface area contributed by atoms with Crippen molar-refractivity contribution in [3.05, 3.63) is 28.2 Å². The normalized spacial score (nSPS) is 14.6. The summed E-state index contributed by atoms with van der Waals surface area (Å²) in [6.07, 6.45) is 1.84. The molecule has 4 nitrogen and oxygen atoms in total. The molecule has 0 spiro atoms. The Bertz CT molecular complexity index is 455. The highest BCUT2D eigenvalue weighted by Gasteiger charge is 2.29. The van der Waals surface area contributed by atoms with Crippen LogP contribution >= 0.6 is 15.9 Å². The molecule has 1 fully saturated rings. The SMILES string of the molecule is O=C(O)c1cc(Br)cc(NC(=O)C2CC2)c1. The van der Waals surface area contributed by atoms with E-state index in [9.17, 15) is 9.59 Å². The number of carboxylic acid groups (broad SMARTS) is 1. The van der Waals surface area contributed by atoms with E-state index in [0.717, 1.165) is 12.8 Å². The van der Waals surface area contributed by atoms with E-state index in [0.29, 0.717) is 10.2 Å². The molecule has 0 heterocycles. The van der Waals surface area contributed by atoms with Crippen molar-refractivity contribution in [3.63, 3.8) is 0 Å². The highest BCUT2D eigenvalue weighted by Crippen LogP contribution is 2.30. The molecule has 0 saturated heterocycles. The van der Waals surface area contributed by atoms with Gasteiger partial charge in [-0.1, -0.05) is 15.9 Å². The molecule has 84 valence electrons. The zero-order valence-corrected chi connectivity index (χ0v) is 9.95. The lowest BCUT2D eigenvalue weighted by Gasteiger charge is -2.06. The number of aromatic carboxylic acids is 1. The van der Waals surface area contributed by atoms with Gasteiger partial charge in [-0.2, -0.15) is 0 Å². The lowest BCUT2D eigenvalue weighted by atomic mass is 10.2. The quantitative estimate of drug-likeness (QED) is 0.896. The van der Waals surface area contributed by atoms with E-state index in [1.807, 2.05) is 0 Å². The Labute approximate surface area is 101 Å². The van der Waals surface area contributed by atoms with Crippen molar-refractivity contribution in [1.29, 1.82) is 0 Å². The molecule has 0 bridgehead atoms. The standard InChI is InChI=1S/C11H10BrNO3/c12-8-3-7(11(15)16)4-9(5-8)13-10(14)6-1-2-6/h3-6H,1-2H2,(H,13,14)(H,15,16). The third kappa shape index (κ3) is 2.61. The summed E-state index contributed by atoms with van der Waals surface area (Å²) in [6.45, 7) is 0. The van der Waals surface area contributed by atoms with Crippen LogP contribution in [0.3, 0.4) is 0 Å². The summed E-state index contributed by atoms with van der Waals surface area (Å²) >= 11 is 3.21. The van der Waals surface area contributed by atoms with Crippen molar-refractivity contribution in [1.82, 2.24) is 0 Å². The maximum atomic E-state index is 11.5. The van der Waals surface area contributed by atoms with Crippen LogP contribution in [0.5, 0.6) is 0 Å². The van der Waals surface area contributed by atoms with E-state index in [4.69, 9.17) is 5.11 Å². The second-order valence-electron chi connectivity index (χ2n) is 3.80. The molecule has 1 aliphatic carbocycles. The van der Waals surface area contributed by atoms with Gasteiger partial charge in [0.25, 0.3) is 0 Å². The third-order valence-corrected chi connectivity index (χ3v) is 2.82. The molecule has 1 aromatic carbocycles. The molecule has 2 rings (SSSR count). The molecule has 16 heavy (non-hydrogen) atoms. The number of nitrogens with one attached hydrogen (secondary N) is 1. The molecule has 1 saturated carbocycles. The van der Waals surface area contributed by atoms with E-state index in [1.54, 1.807) is 6.07 Å². The molecule has 0 radical (unpaired) electrons. The van der Waals surface area contributed by atoms with Gasteiger partial charge in [0.1, 0.15) is 0 Å². The predicted octanol–water partition coefficient (Wildman–Crippen LogP) is 2.50. The summed E-state index contributed by atoms with van der Waals surface area (Å²) in [4.78, 5) is 22.3. The Kier molecular flexibility index (Phi) is 2.96. The summed E-state index contributed by atoms with van der Waals surface area (Å²) in [7, 11) is 0. The number of hydrogen-bond acceptors (Lipinski definition) is 2. The fourth-order valence-electron chi connectivity index (χ4n) is 1.38. The number of rotatable bonds is 3. The first-order valence-corrected chi connectivity index (χ1v) is 5.70. The Morgan fingerprint density at radius 1 is 1.31 bits per heavy atom. The number of amides is 1. The van der Waals surface area contributed by atoms with Gasteiger partial charge >= 0.3 is 5.97 Å². The highest BCUT2D eigenvalue weighted by atomic mass is 79.9. The van der Waals surface area contributed by atoms with Crippen molar-refractivity contribution < 1.29 is 14.7 Å². The van der Waals surface area contributed by atoms with Gasteiger partial charge in [-0.3, -0.25) is 4.79 Å². The fourth-order valence-corrected chi connectivity index (χ4v) is 1.87. The van der Waals surface area contributed by atoms with Crippen molar-refractivity contribution in [3.8, 4) is 0 Å². The first-order chi connectivity index (χ1) is 7.56. The molecule has 0 unspecified atom stereocenters. The van der Waals surface area contributed by atoms with Crippen molar-refractivity contribution in [2.24, 2.45) is 5.92 Å². The molecular formula is C11H10BrNO3. The van der Waals surface area contributed by atoms with E-state index in [-0.39, 0.29) is 17.4 Å². The number of benzene rings is 1. The van der Waals surface area contributed by atoms with Gasteiger partial charge in [0.05, 0.1) is 5.56 Å². The fraction of sp³-hybridized carbons (Fsp3) is 0.273. The minimum absolute atomic E-state index is 0.0329. The molecule has 1 aliphatic rings. The van der Waals surface area contributed by atoms with Crippen LogP contribution in [0, 0.1) is 5.92 Å². The summed E-state index contributed by atoms with van der Waals surface area (Å²) in [5.74, 6) is -0.940. The zero-order valence-electron chi connectivity index (χ0n) is 8.37. The molecule has 0 aliphatic heterocycles. The van der Waals surface area contributed by atoms with Gasteiger partial charge in [-0.15, -0.1) is 0 Å². The predicted molar refractivity (Wildman–Crippen MR) is 62.5 cm³/mol. The minimum atomic E-state index is -1.01. The highest BCUT2D eigenvalue weighted by molar-refractivity contribution is 9.10. The van der Waals surface area contributed by atoms with Crippen LogP contribution < -0.4 is 5.32 Å². The Morgan fingerprint density at radius 3 is 2.56 bits per heavy atom. The monoisotopic (exact) mass is 283 g/mol. The summed E-state index contributed by atoms with van der Waals surface area (Å²) in [5.41, 5.74) is 0.671. The lowest BCUT2D eigenvalue weighted by Crippen LogP contribution is -2.13. The van der Waals surface area contributed by atoms with Gasteiger partial charge in [-0.25, -0.2) is 4.79 Å². The average Bonchev–Trinajstić information content (AvgIpc) is 2.99. The molecule has 5 heteroatoms. The van der Waals surface area contributed by atoms with E-state index in [1.165, 1.54) is 12.1 Å². The summed E-state index contributed by atoms with van der Waals surface area (Å²) in [6, 6.07) is 4.63. The van der Waals surface area contributed by atoms with Crippen LogP contribution in [0.2, 0.25) is 0 Å². The second-order valence-corrected chi connectivity index (χ2v) is 4.71. The topological polar surface area (TPSA) is 66.4 Å². The van der Waals surface area contributed by atoms with Crippen molar-refractivity contribution in [2.45, 2.75) is 12.8 Å². The number of carbonyl (C=O) groups excluding carboxylic acids is 1. The first-order valence-electron chi connectivity index (χ1n) is 4.91. The number of carboxylic acids is 1. The first kappa shape index (κ1) is 11.1. The van der Waals surface area contributed by atoms with Gasteiger partial charge in [0.2, 0.25) is 5.91 Å². The van der Waals surface area contributed by atoms with Crippen LogP contribution in [0.25, 0.3) is 0 Å². The Hall–Kier alpha value is -1.36. The molecule has 0 atom stereocenters. The Balaban J connectivity index is 2.19. The zero-order chi connectivity index (χ0) is 11.7. The van der Waals surface area contributed by atoms with Crippen LogP contribution in [0.4, 0.5) is 5.69 Å². The van der Waals surface area contributed by atoms with Crippen LogP contribution in [-0.2, 0) is 4.79 Å². The van der Waals surface area contributed by atoms with E-state index >= 15 is 0 Å². The van der Waals surface area contributed by atoms with E-state index < -0.39 is 5.97 Å². The number of anilines is 1. The van der Waals surface area contributed by atoms with Crippen LogP contribution in [-0.4, -0.2) is 17.0 Å². The van der Waals surface area contributed by atoms with Gasteiger partial charge < -0.3 is 10.4 Å². The molecule has 0 aromatic heterocycles.